The van der Waals surface area contributed by atoms with Crippen LogP contribution in [-0.4, -0.2) is 18.2 Å². The second-order valence-corrected chi connectivity index (χ2v) is 6.79. The highest BCUT2D eigenvalue weighted by atomic mass is 32.2. The van der Waals surface area contributed by atoms with Crippen LogP contribution in [0.1, 0.15) is 11.3 Å². The summed E-state index contributed by atoms with van der Waals surface area (Å²) in [6.45, 7) is 1.34. The monoisotopic (exact) mass is 373 g/mol. The van der Waals surface area contributed by atoms with Gasteiger partial charge in [0.05, 0.1) is 16.0 Å². The molecule has 1 aromatic carbocycles. The lowest BCUT2D eigenvalue weighted by atomic mass is 10.2. The molecule has 0 saturated carbocycles. The maximum Gasteiger partial charge on any atom is 0.435 e. The second kappa shape index (κ2) is 5.43. The van der Waals surface area contributed by atoms with E-state index in [9.17, 15) is 26.4 Å². The first kappa shape index (κ1) is 17.2. The van der Waals surface area contributed by atoms with Gasteiger partial charge in [-0.25, -0.2) is 18.4 Å². The smallest absolute Gasteiger partial charge is 0.403 e. The number of benzene rings is 1. The molecule has 0 aliphatic rings. The molecule has 0 aliphatic heterocycles. The average Bonchev–Trinajstić information content (AvgIpc) is 2.86. The van der Waals surface area contributed by atoms with Gasteiger partial charge < -0.3 is 4.42 Å². The van der Waals surface area contributed by atoms with Crippen LogP contribution in [0.2, 0.25) is 0 Å². The Hall–Kier alpha value is -2.66. The summed E-state index contributed by atoms with van der Waals surface area (Å²) in [6.07, 6.45) is -4.77. The molecular formula is C14H10F3N3O4S. The largest absolute Gasteiger partial charge is 0.435 e. The van der Waals surface area contributed by atoms with Crippen LogP contribution in [0.5, 0.6) is 0 Å². The predicted octanol–water partition coefficient (Wildman–Crippen LogP) is 1.95. The van der Waals surface area contributed by atoms with Crippen molar-refractivity contribution in [3.05, 3.63) is 52.0 Å². The van der Waals surface area contributed by atoms with Gasteiger partial charge in [0.15, 0.2) is 5.69 Å². The first-order valence-electron chi connectivity index (χ1n) is 6.72. The minimum Gasteiger partial charge on any atom is -0.403 e. The zero-order chi connectivity index (χ0) is 18.6. The number of primary sulfonamides is 1. The van der Waals surface area contributed by atoms with Gasteiger partial charge in [-0.2, -0.15) is 23.0 Å². The molecular weight excluding hydrogens is 363 g/mol. The number of rotatable bonds is 2. The van der Waals surface area contributed by atoms with E-state index in [-0.39, 0.29) is 27.2 Å². The lowest BCUT2D eigenvalue weighted by Gasteiger charge is -2.04. The molecule has 3 aromatic rings. The van der Waals surface area contributed by atoms with Crippen LogP contribution in [0.15, 0.2) is 44.4 Å². The SMILES string of the molecule is Cc1cc(=O)oc2c1c(C(F)(F)F)nn2-c1ccc(S(N)(=O)=O)cc1. The van der Waals surface area contributed by atoms with Gasteiger partial charge in [0.2, 0.25) is 15.7 Å². The number of fused-ring (bicyclic) bond motifs is 1. The Morgan fingerprint density at radius 1 is 1.20 bits per heavy atom. The molecule has 0 amide bonds. The van der Waals surface area contributed by atoms with Crippen LogP contribution in [0, 0.1) is 6.92 Å². The van der Waals surface area contributed by atoms with Crippen LogP contribution < -0.4 is 10.8 Å². The Balaban J connectivity index is 2.32. The molecule has 0 bridgehead atoms. The van der Waals surface area contributed by atoms with E-state index in [1.165, 1.54) is 19.1 Å². The van der Waals surface area contributed by atoms with Crippen LogP contribution in [-0.2, 0) is 16.2 Å². The molecule has 0 radical (unpaired) electrons. The number of hydrogen-bond acceptors (Lipinski definition) is 5. The zero-order valence-corrected chi connectivity index (χ0v) is 13.4. The van der Waals surface area contributed by atoms with Crippen molar-refractivity contribution in [3.8, 4) is 5.69 Å². The van der Waals surface area contributed by atoms with Crippen molar-refractivity contribution in [3.63, 3.8) is 0 Å². The fourth-order valence-electron chi connectivity index (χ4n) is 2.38. The molecule has 2 N–H and O–H groups in total. The quantitative estimate of drug-likeness (QED) is 0.739. The first-order valence-corrected chi connectivity index (χ1v) is 8.27. The average molecular weight is 373 g/mol. The van der Waals surface area contributed by atoms with Crippen LogP contribution in [0.4, 0.5) is 13.2 Å². The van der Waals surface area contributed by atoms with Crippen LogP contribution in [0.25, 0.3) is 16.8 Å². The molecule has 25 heavy (non-hydrogen) atoms. The Bertz CT molecular complexity index is 1130. The lowest BCUT2D eigenvalue weighted by molar-refractivity contribution is -0.140. The van der Waals surface area contributed by atoms with Crippen molar-refractivity contribution in [2.45, 2.75) is 18.0 Å². The van der Waals surface area contributed by atoms with Crippen molar-refractivity contribution in [1.29, 1.82) is 0 Å². The predicted molar refractivity (Wildman–Crippen MR) is 80.7 cm³/mol. The first-order chi connectivity index (χ1) is 11.5. The van der Waals surface area contributed by atoms with E-state index in [1.54, 1.807) is 0 Å². The van der Waals surface area contributed by atoms with E-state index in [1.807, 2.05) is 0 Å². The Labute approximate surface area is 138 Å². The highest BCUT2D eigenvalue weighted by Gasteiger charge is 2.38. The second-order valence-electron chi connectivity index (χ2n) is 5.23. The lowest BCUT2D eigenvalue weighted by Crippen LogP contribution is -2.12. The minimum absolute atomic E-state index is 0.0611. The molecule has 132 valence electrons. The number of aromatic nitrogens is 2. The van der Waals surface area contributed by atoms with E-state index >= 15 is 0 Å². The van der Waals surface area contributed by atoms with Crippen molar-refractivity contribution in [2.24, 2.45) is 5.14 Å². The summed E-state index contributed by atoms with van der Waals surface area (Å²) in [4.78, 5) is 11.3. The standard InChI is InChI=1S/C14H10F3N3O4S/c1-7-6-10(21)24-13-11(7)12(14(15,16)17)19-20(13)8-2-4-9(5-3-8)25(18,22)23/h2-6H,1H3,(H2,18,22,23). The van der Waals surface area contributed by atoms with Crippen molar-refractivity contribution >= 4 is 21.1 Å². The van der Waals surface area contributed by atoms with E-state index < -0.39 is 27.5 Å². The molecule has 0 fully saturated rings. The number of nitrogens with two attached hydrogens (primary N) is 1. The molecule has 2 heterocycles. The number of aryl methyl sites for hydroxylation is 1. The topological polar surface area (TPSA) is 108 Å². The van der Waals surface area contributed by atoms with E-state index in [2.05, 4.69) is 5.10 Å². The Morgan fingerprint density at radius 3 is 2.32 bits per heavy atom. The molecule has 0 aliphatic carbocycles. The molecule has 0 atom stereocenters. The van der Waals surface area contributed by atoms with Gasteiger partial charge in [0.25, 0.3) is 0 Å². The minimum atomic E-state index is -4.77. The summed E-state index contributed by atoms with van der Waals surface area (Å²) in [5.41, 5.74) is -2.30. The van der Waals surface area contributed by atoms with Crippen LogP contribution in [0.3, 0.4) is 0 Å². The summed E-state index contributed by atoms with van der Waals surface area (Å²) < 4.78 is 68.0. The van der Waals surface area contributed by atoms with E-state index in [0.717, 1.165) is 22.9 Å². The van der Waals surface area contributed by atoms with Gasteiger partial charge >= 0.3 is 11.8 Å². The normalized spacial score (nSPS) is 12.7. The van der Waals surface area contributed by atoms with Crippen molar-refractivity contribution in [2.75, 3.05) is 0 Å². The fraction of sp³-hybridized carbons (Fsp3) is 0.143. The molecule has 0 saturated heterocycles. The summed E-state index contributed by atoms with van der Waals surface area (Å²) >= 11 is 0. The van der Waals surface area contributed by atoms with E-state index in [0.29, 0.717) is 0 Å². The number of sulfonamides is 1. The maximum absolute atomic E-state index is 13.3. The molecule has 0 spiro atoms. The molecule has 0 unspecified atom stereocenters. The Morgan fingerprint density at radius 2 is 1.80 bits per heavy atom. The molecule has 11 heteroatoms. The summed E-state index contributed by atoms with van der Waals surface area (Å²) in [5.74, 6) is 0. The highest BCUT2D eigenvalue weighted by molar-refractivity contribution is 7.89. The number of hydrogen-bond donors (Lipinski definition) is 1. The molecule has 3 rings (SSSR count). The van der Waals surface area contributed by atoms with Gasteiger partial charge in [0, 0.05) is 6.07 Å². The van der Waals surface area contributed by atoms with Gasteiger partial charge in [-0.15, -0.1) is 0 Å². The van der Waals surface area contributed by atoms with Gasteiger partial charge in [-0.05, 0) is 36.8 Å². The summed E-state index contributed by atoms with van der Waals surface area (Å²) in [7, 11) is -3.96. The fourth-order valence-corrected chi connectivity index (χ4v) is 2.89. The van der Waals surface area contributed by atoms with Gasteiger partial charge in [0.1, 0.15) is 0 Å². The number of halogens is 3. The molecule has 7 nitrogen and oxygen atoms in total. The highest BCUT2D eigenvalue weighted by Crippen LogP contribution is 2.36. The third-order valence-corrected chi connectivity index (χ3v) is 4.38. The number of nitrogens with zero attached hydrogens (tertiary/aromatic N) is 2. The zero-order valence-electron chi connectivity index (χ0n) is 12.5. The van der Waals surface area contributed by atoms with Crippen molar-refractivity contribution < 1.29 is 26.0 Å². The molecule has 2 aromatic heterocycles. The van der Waals surface area contributed by atoms with E-state index in [4.69, 9.17) is 9.56 Å². The van der Waals surface area contributed by atoms with Gasteiger partial charge in [-0.1, -0.05) is 0 Å². The van der Waals surface area contributed by atoms with Gasteiger partial charge in [-0.3, -0.25) is 0 Å². The van der Waals surface area contributed by atoms with Crippen LogP contribution >= 0.6 is 0 Å². The third-order valence-electron chi connectivity index (χ3n) is 3.45. The maximum atomic E-state index is 13.3. The van der Waals surface area contributed by atoms with Crippen molar-refractivity contribution in [1.82, 2.24) is 9.78 Å². The summed E-state index contributed by atoms with van der Waals surface area (Å²) in [6, 6.07) is 5.57. The number of alkyl halides is 3. The third kappa shape index (κ3) is 3.03. The summed E-state index contributed by atoms with van der Waals surface area (Å²) in [5, 5.41) is 8.14. The Kier molecular flexibility index (Phi) is 3.73.